The van der Waals surface area contributed by atoms with Crippen LogP contribution in [0.1, 0.15) is 60.1 Å². The van der Waals surface area contributed by atoms with E-state index in [4.69, 9.17) is 9.72 Å². The number of rotatable bonds is 9. The van der Waals surface area contributed by atoms with Gasteiger partial charge in [0, 0.05) is 30.9 Å². The van der Waals surface area contributed by atoms with E-state index in [9.17, 15) is 28.8 Å². The lowest BCUT2D eigenvalue weighted by Crippen LogP contribution is -2.47. The molecular formula is C42H33FN10O7. The molecule has 18 heteroatoms. The fourth-order valence-electron chi connectivity index (χ4n) is 8.41. The van der Waals surface area contributed by atoms with Crippen LogP contribution in [0.25, 0.3) is 21.9 Å². The summed E-state index contributed by atoms with van der Waals surface area (Å²) in [5.41, 5.74) is 1.23. The molecular weight excluding hydrogens is 776 g/mol. The number of hydrogen-bond donors (Lipinski definition) is 2. The Morgan fingerprint density at radius 1 is 0.883 bits per heavy atom. The zero-order chi connectivity index (χ0) is 41.6. The van der Waals surface area contributed by atoms with Gasteiger partial charge in [-0.25, -0.2) is 14.4 Å². The van der Waals surface area contributed by atoms with Gasteiger partial charge in [0.05, 0.1) is 57.3 Å². The average molecular weight is 809 g/mol. The number of hydrogen-bond acceptors (Lipinski definition) is 12. The van der Waals surface area contributed by atoms with Crippen LogP contribution in [-0.4, -0.2) is 109 Å². The first-order chi connectivity index (χ1) is 28.9. The fraction of sp³-hybridized carbons (Fsp3) is 0.238. The van der Waals surface area contributed by atoms with E-state index in [-0.39, 0.29) is 57.3 Å². The van der Waals surface area contributed by atoms with Crippen molar-refractivity contribution in [3.8, 4) is 11.8 Å². The quantitative estimate of drug-likeness (QED) is 0.201. The Hall–Kier alpha value is -7.63. The zero-order valence-corrected chi connectivity index (χ0v) is 32.1. The van der Waals surface area contributed by atoms with Gasteiger partial charge in [-0.05, 0) is 56.2 Å². The van der Waals surface area contributed by atoms with E-state index in [1.807, 2.05) is 4.90 Å². The maximum atomic E-state index is 15.7. The lowest BCUT2D eigenvalue weighted by Gasteiger charge is -2.22. The number of anilines is 2. The maximum Gasteiger partial charge on any atom is 0.326 e. The lowest BCUT2D eigenvalue weighted by molar-refractivity contribution is -0.122. The number of nitrogens with zero attached hydrogens (tertiary/aromatic N) is 8. The van der Waals surface area contributed by atoms with Crippen molar-refractivity contribution in [3.63, 3.8) is 0 Å². The highest BCUT2D eigenvalue weighted by Gasteiger charge is 2.56. The molecule has 6 amide bonds. The van der Waals surface area contributed by atoms with Gasteiger partial charge in [-0.3, -0.25) is 38.6 Å². The monoisotopic (exact) mass is 808 g/mol. The van der Waals surface area contributed by atoms with E-state index in [1.165, 1.54) is 48.6 Å². The minimum Gasteiger partial charge on any atom is -0.421 e. The van der Waals surface area contributed by atoms with Crippen LogP contribution in [0.15, 0.2) is 73.1 Å². The molecule has 1 saturated carbocycles. The number of H-pyrrole nitrogens is 1. The topological polar surface area (TPSA) is 204 Å². The number of nitrogens with one attached hydrogen (secondary N) is 2. The van der Waals surface area contributed by atoms with Gasteiger partial charge in [-0.15, -0.1) is 0 Å². The van der Waals surface area contributed by atoms with Gasteiger partial charge in [0.25, 0.3) is 23.6 Å². The molecule has 0 bridgehead atoms. The first-order valence-corrected chi connectivity index (χ1v) is 19.1. The van der Waals surface area contributed by atoms with Crippen molar-refractivity contribution in [2.75, 3.05) is 43.0 Å². The highest BCUT2D eigenvalue weighted by molar-refractivity contribution is 6.24. The molecule has 2 N–H and O–H groups in total. The van der Waals surface area contributed by atoms with Crippen molar-refractivity contribution in [1.29, 1.82) is 0 Å². The van der Waals surface area contributed by atoms with E-state index in [1.54, 1.807) is 43.3 Å². The Morgan fingerprint density at radius 2 is 1.47 bits per heavy atom. The number of amides is 6. The molecule has 0 unspecified atom stereocenters. The van der Waals surface area contributed by atoms with Crippen LogP contribution in [0.3, 0.4) is 0 Å². The number of carbonyl (C=O) groups excluding carboxylic acids is 6. The molecule has 0 radical (unpaired) electrons. The SMILES string of the molecule is Cc1ncc(Oc2nc(N3C[C@H](NC(=O)CN4C(=O)c5ccccc5C4=O)C4(CC4)C3)c3c(n2)[nH]c2c(N(C)C(=O)CN4C(=O)c5ccccc5C4=O)cc(F)cc23)cn1. The van der Waals surface area contributed by atoms with E-state index >= 15 is 4.39 Å². The highest BCUT2D eigenvalue weighted by atomic mass is 19.1. The first kappa shape index (κ1) is 36.7. The summed E-state index contributed by atoms with van der Waals surface area (Å²) in [5.74, 6) is -2.96. The number of imide groups is 2. The Labute approximate surface area is 339 Å². The van der Waals surface area contributed by atoms with E-state index in [2.05, 4.69) is 25.3 Å². The molecule has 2 fully saturated rings. The number of aryl methyl sites for hydroxylation is 1. The Bertz CT molecular complexity index is 2820. The van der Waals surface area contributed by atoms with Crippen molar-refractivity contribution >= 4 is 68.9 Å². The number of halogens is 1. The summed E-state index contributed by atoms with van der Waals surface area (Å²) in [4.78, 5) is 106. The molecule has 1 aliphatic carbocycles. The molecule has 3 aromatic carbocycles. The molecule has 17 nitrogen and oxygen atoms in total. The van der Waals surface area contributed by atoms with Gasteiger partial charge in [0.2, 0.25) is 11.8 Å². The normalized spacial score (nSPS) is 17.6. The molecule has 60 heavy (non-hydrogen) atoms. The predicted molar refractivity (Wildman–Crippen MR) is 211 cm³/mol. The molecule has 1 spiro atoms. The number of fused-ring (bicyclic) bond motifs is 5. The van der Waals surface area contributed by atoms with Gasteiger partial charge in [-0.2, -0.15) is 9.97 Å². The second kappa shape index (κ2) is 13.5. The summed E-state index contributed by atoms with van der Waals surface area (Å²) in [7, 11) is 1.42. The van der Waals surface area contributed by atoms with Crippen LogP contribution in [0.2, 0.25) is 0 Å². The van der Waals surface area contributed by atoms with Crippen LogP contribution < -0.4 is 19.9 Å². The molecule has 4 aliphatic rings. The van der Waals surface area contributed by atoms with Crippen LogP contribution in [0, 0.1) is 18.2 Å². The number of carbonyl (C=O) groups is 6. The molecule has 3 aliphatic heterocycles. The van der Waals surface area contributed by atoms with Crippen molar-refractivity contribution < 1.29 is 37.9 Å². The Balaban J connectivity index is 0.981. The van der Waals surface area contributed by atoms with Crippen LogP contribution in [0.4, 0.5) is 15.9 Å². The van der Waals surface area contributed by atoms with Crippen LogP contribution in [0.5, 0.6) is 11.8 Å². The minimum atomic E-state index is -0.680. The number of aromatic nitrogens is 5. The molecule has 6 aromatic rings. The lowest BCUT2D eigenvalue weighted by atomic mass is 10.0. The second-order valence-electron chi connectivity index (χ2n) is 15.4. The Kier molecular flexibility index (Phi) is 8.24. The molecule has 6 heterocycles. The standard InChI is InChI=1S/C42H33FN10O7/c1-21-44-15-23(16-45-21)60-41-48-35-33(28-13-22(43)14-29(34(28)47-35)50(2)32(55)19-53-39(58)26-9-5-6-10-27(26)40(53)59)36(49-41)51-17-30(42(20-51)11-12-42)46-31(54)18-52-37(56)24-7-3-4-8-25(24)38(52)57/h3-10,13-16,30H,11-12,17-20H2,1-2H3,(H,46,54)(H,47,48,49)/t30-/m0/s1. The third-order valence-electron chi connectivity index (χ3n) is 11.7. The fourth-order valence-corrected chi connectivity index (χ4v) is 8.41. The molecule has 1 atom stereocenters. The summed E-state index contributed by atoms with van der Waals surface area (Å²) >= 11 is 0. The van der Waals surface area contributed by atoms with Crippen molar-refractivity contribution in [3.05, 3.63) is 107 Å². The van der Waals surface area contributed by atoms with Crippen molar-refractivity contribution in [2.45, 2.75) is 25.8 Å². The predicted octanol–water partition coefficient (Wildman–Crippen LogP) is 3.78. The summed E-state index contributed by atoms with van der Waals surface area (Å²) in [6.45, 7) is 1.40. The first-order valence-electron chi connectivity index (χ1n) is 19.1. The molecule has 300 valence electrons. The average Bonchev–Trinajstić information content (AvgIpc) is 3.62. The van der Waals surface area contributed by atoms with E-state index in [0.717, 1.165) is 22.6 Å². The number of aromatic amines is 1. The van der Waals surface area contributed by atoms with Gasteiger partial charge in [0.1, 0.15) is 36.2 Å². The van der Waals surface area contributed by atoms with Gasteiger partial charge < -0.3 is 24.8 Å². The second-order valence-corrected chi connectivity index (χ2v) is 15.4. The Morgan fingerprint density at radius 3 is 2.05 bits per heavy atom. The molecule has 10 rings (SSSR count). The number of ether oxygens (including phenoxy) is 1. The highest BCUT2D eigenvalue weighted by Crippen LogP contribution is 2.54. The summed E-state index contributed by atoms with van der Waals surface area (Å²) in [6.07, 6.45) is 4.51. The largest absolute Gasteiger partial charge is 0.421 e. The summed E-state index contributed by atoms with van der Waals surface area (Å²) in [5, 5.41) is 3.82. The van der Waals surface area contributed by atoms with Gasteiger partial charge in [0.15, 0.2) is 5.75 Å². The van der Waals surface area contributed by atoms with E-state index in [0.29, 0.717) is 34.5 Å². The van der Waals surface area contributed by atoms with Crippen LogP contribution in [-0.2, 0) is 9.59 Å². The number of benzene rings is 3. The van der Waals surface area contributed by atoms with Gasteiger partial charge in [-0.1, -0.05) is 24.3 Å². The van der Waals surface area contributed by atoms with Crippen molar-refractivity contribution in [2.24, 2.45) is 5.41 Å². The molecule has 3 aromatic heterocycles. The third kappa shape index (κ3) is 5.89. The van der Waals surface area contributed by atoms with Crippen LogP contribution >= 0.6 is 0 Å². The number of likely N-dealkylation sites (N-methyl/N-ethyl adjacent to an activating group) is 1. The van der Waals surface area contributed by atoms with Gasteiger partial charge >= 0.3 is 6.01 Å². The zero-order valence-electron chi connectivity index (χ0n) is 32.1. The smallest absolute Gasteiger partial charge is 0.326 e. The third-order valence-corrected chi connectivity index (χ3v) is 11.7. The van der Waals surface area contributed by atoms with Crippen molar-refractivity contribution in [1.82, 2.24) is 40.0 Å². The maximum absolute atomic E-state index is 15.7. The minimum absolute atomic E-state index is 0.0865. The van der Waals surface area contributed by atoms with E-state index < -0.39 is 60.4 Å². The molecule has 1 saturated heterocycles. The summed E-state index contributed by atoms with van der Waals surface area (Å²) < 4.78 is 21.8. The summed E-state index contributed by atoms with van der Waals surface area (Å²) in [6, 6.07) is 14.7.